The van der Waals surface area contributed by atoms with Crippen LogP contribution in [0.15, 0.2) is 12.2 Å². The Morgan fingerprint density at radius 1 is 1.64 bits per heavy atom. The molecule has 3 heteroatoms. The SMILES string of the molecule is C=C(CN)CN1CCCC(C)(OC)C1. The number of nitrogens with two attached hydrogens (primary N) is 1. The third kappa shape index (κ3) is 3.08. The molecule has 1 unspecified atom stereocenters. The first-order chi connectivity index (χ1) is 6.59. The van der Waals surface area contributed by atoms with Crippen molar-refractivity contribution in [3.8, 4) is 0 Å². The summed E-state index contributed by atoms with van der Waals surface area (Å²) < 4.78 is 5.52. The minimum atomic E-state index is 0.0210. The zero-order chi connectivity index (χ0) is 10.6. The first kappa shape index (κ1) is 11.7. The Balaban J connectivity index is 2.44. The average Bonchev–Trinajstić information content (AvgIpc) is 2.18. The molecule has 1 atom stereocenters. The molecule has 0 bridgehead atoms. The molecule has 1 heterocycles. The van der Waals surface area contributed by atoms with E-state index >= 15 is 0 Å². The molecular formula is C11H22N2O. The Kier molecular flexibility index (Phi) is 4.11. The van der Waals surface area contributed by atoms with E-state index in [1.165, 1.54) is 6.42 Å². The molecule has 14 heavy (non-hydrogen) atoms. The van der Waals surface area contributed by atoms with Gasteiger partial charge in [0.2, 0.25) is 0 Å². The largest absolute Gasteiger partial charge is 0.377 e. The summed E-state index contributed by atoms with van der Waals surface area (Å²) in [5.74, 6) is 0. The first-order valence-electron chi connectivity index (χ1n) is 5.24. The number of hydrogen-bond acceptors (Lipinski definition) is 3. The highest BCUT2D eigenvalue weighted by atomic mass is 16.5. The molecular weight excluding hydrogens is 176 g/mol. The summed E-state index contributed by atoms with van der Waals surface area (Å²) in [6.45, 7) is 9.73. The molecule has 0 radical (unpaired) electrons. The van der Waals surface area contributed by atoms with Crippen LogP contribution >= 0.6 is 0 Å². The van der Waals surface area contributed by atoms with Gasteiger partial charge in [0, 0.05) is 26.7 Å². The predicted octanol–water partition coefficient (Wildman–Crippen LogP) is 1.00. The van der Waals surface area contributed by atoms with Crippen molar-refractivity contribution < 1.29 is 4.74 Å². The van der Waals surface area contributed by atoms with Crippen molar-refractivity contribution in [2.24, 2.45) is 5.73 Å². The molecule has 0 amide bonds. The molecule has 0 saturated carbocycles. The summed E-state index contributed by atoms with van der Waals surface area (Å²) in [5.41, 5.74) is 6.65. The number of rotatable bonds is 4. The van der Waals surface area contributed by atoms with Crippen molar-refractivity contribution in [1.29, 1.82) is 0 Å². The summed E-state index contributed by atoms with van der Waals surface area (Å²) in [6, 6.07) is 0. The van der Waals surface area contributed by atoms with Crippen molar-refractivity contribution in [2.45, 2.75) is 25.4 Å². The number of nitrogens with zero attached hydrogens (tertiary/aromatic N) is 1. The molecule has 0 aromatic carbocycles. The van der Waals surface area contributed by atoms with E-state index in [9.17, 15) is 0 Å². The highest BCUT2D eigenvalue weighted by Crippen LogP contribution is 2.23. The maximum atomic E-state index is 5.53. The van der Waals surface area contributed by atoms with Crippen LogP contribution in [0, 0.1) is 0 Å². The van der Waals surface area contributed by atoms with Gasteiger partial charge in [0.25, 0.3) is 0 Å². The van der Waals surface area contributed by atoms with E-state index < -0.39 is 0 Å². The minimum absolute atomic E-state index is 0.0210. The minimum Gasteiger partial charge on any atom is -0.377 e. The lowest BCUT2D eigenvalue weighted by molar-refractivity contribution is -0.0484. The quantitative estimate of drug-likeness (QED) is 0.685. The second kappa shape index (κ2) is 4.91. The number of piperidine rings is 1. The van der Waals surface area contributed by atoms with Crippen LogP contribution in [-0.4, -0.2) is 43.8 Å². The highest BCUT2D eigenvalue weighted by Gasteiger charge is 2.30. The Bertz CT molecular complexity index is 205. The molecule has 0 aromatic heterocycles. The van der Waals surface area contributed by atoms with Gasteiger partial charge < -0.3 is 10.5 Å². The zero-order valence-electron chi connectivity index (χ0n) is 9.38. The van der Waals surface area contributed by atoms with E-state index in [0.717, 1.165) is 31.6 Å². The van der Waals surface area contributed by atoms with Crippen LogP contribution in [0.25, 0.3) is 0 Å². The van der Waals surface area contributed by atoms with Crippen LogP contribution in [0.1, 0.15) is 19.8 Å². The standard InChI is InChI=1S/C11H22N2O/c1-10(7-12)8-13-6-4-5-11(2,9-13)14-3/h1,4-9,12H2,2-3H3. The fourth-order valence-electron chi connectivity index (χ4n) is 1.99. The Morgan fingerprint density at radius 2 is 2.36 bits per heavy atom. The van der Waals surface area contributed by atoms with Crippen molar-refractivity contribution in [1.82, 2.24) is 4.90 Å². The fraction of sp³-hybridized carbons (Fsp3) is 0.818. The van der Waals surface area contributed by atoms with Gasteiger partial charge in [-0.1, -0.05) is 6.58 Å². The summed E-state index contributed by atoms with van der Waals surface area (Å²) in [4.78, 5) is 2.38. The summed E-state index contributed by atoms with van der Waals surface area (Å²) in [5, 5.41) is 0. The second-order valence-electron chi connectivity index (χ2n) is 4.42. The van der Waals surface area contributed by atoms with E-state index in [-0.39, 0.29) is 5.60 Å². The van der Waals surface area contributed by atoms with Crippen molar-refractivity contribution >= 4 is 0 Å². The van der Waals surface area contributed by atoms with Gasteiger partial charge in [-0.25, -0.2) is 0 Å². The lowest BCUT2D eigenvalue weighted by Crippen LogP contribution is -2.48. The molecule has 1 aliphatic rings. The Labute approximate surface area is 86.9 Å². The fourth-order valence-corrected chi connectivity index (χ4v) is 1.99. The van der Waals surface area contributed by atoms with Gasteiger partial charge in [0.05, 0.1) is 5.60 Å². The Hall–Kier alpha value is -0.380. The normalized spacial score (nSPS) is 29.1. The van der Waals surface area contributed by atoms with Gasteiger partial charge in [-0.3, -0.25) is 4.90 Å². The highest BCUT2D eigenvalue weighted by molar-refractivity contribution is 5.00. The third-order valence-corrected chi connectivity index (χ3v) is 2.97. The maximum absolute atomic E-state index is 5.53. The smallest absolute Gasteiger partial charge is 0.0777 e. The second-order valence-corrected chi connectivity index (χ2v) is 4.42. The van der Waals surface area contributed by atoms with Crippen LogP contribution < -0.4 is 5.73 Å². The topological polar surface area (TPSA) is 38.5 Å². The van der Waals surface area contributed by atoms with Gasteiger partial charge in [-0.15, -0.1) is 0 Å². The van der Waals surface area contributed by atoms with E-state index in [4.69, 9.17) is 10.5 Å². The van der Waals surface area contributed by atoms with E-state index in [2.05, 4.69) is 18.4 Å². The van der Waals surface area contributed by atoms with Gasteiger partial charge in [0.1, 0.15) is 0 Å². The lowest BCUT2D eigenvalue weighted by atomic mass is 9.94. The average molecular weight is 198 g/mol. The molecule has 2 N–H and O–H groups in total. The molecule has 82 valence electrons. The van der Waals surface area contributed by atoms with Crippen LogP contribution in [0.5, 0.6) is 0 Å². The lowest BCUT2D eigenvalue weighted by Gasteiger charge is -2.39. The van der Waals surface area contributed by atoms with Crippen molar-refractivity contribution in [3.63, 3.8) is 0 Å². The molecule has 0 spiro atoms. The van der Waals surface area contributed by atoms with E-state index in [1.54, 1.807) is 7.11 Å². The Morgan fingerprint density at radius 3 is 2.93 bits per heavy atom. The number of ether oxygens (including phenoxy) is 1. The van der Waals surface area contributed by atoms with Crippen molar-refractivity contribution in [2.75, 3.05) is 33.3 Å². The molecule has 0 aliphatic carbocycles. The van der Waals surface area contributed by atoms with Gasteiger partial charge in [-0.05, 0) is 31.9 Å². The molecule has 3 nitrogen and oxygen atoms in total. The third-order valence-electron chi connectivity index (χ3n) is 2.97. The predicted molar refractivity (Wildman–Crippen MR) is 59.3 cm³/mol. The first-order valence-corrected chi connectivity index (χ1v) is 5.24. The summed E-state index contributed by atoms with van der Waals surface area (Å²) in [7, 11) is 1.79. The molecule has 1 fully saturated rings. The van der Waals surface area contributed by atoms with E-state index in [1.807, 2.05) is 0 Å². The van der Waals surface area contributed by atoms with Gasteiger partial charge in [0.15, 0.2) is 0 Å². The zero-order valence-corrected chi connectivity index (χ0v) is 9.38. The summed E-state index contributed by atoms with van der Waals surface area (Å²) >= 11 is 0. The molecule has 1 aliphatic heterocycles. The van der Waals surface area contributed by atoms with Gasteiger partial charge in [-0.2, -0.15) is 0 Å². The summed E-state index contributed by atoms with van der Waals surface area (Å²) in [6.07, 6.45) is 2.34. The number of likely N-dealkylation sites (tertiary alicyclic amines) is 1. The molecule has 1 saturated heterocycles. The van der Waals surface area contributed by atoms with Crippen molar-refractivity contribution in [3.05, 3.63) is 12.2 Å². The molecule has 0 aromatic rings. The number of methoxy groups -OCH3 is 1. The van der Waals surface area contributed by atoms with E-state index in [0.29, 0.717) is 6.54 Å². The van der Waals surface area contributed by atoms with Crippen LogP contribution in [-0.2, 0) is 4.74 Å². The maximum Gasteiger partial charge on any atom is 0.0777 e. The van der Waals surface area contributed by atoms with Crippen LogP contribution in [0.2, 0.25) is 0 Å². The van der Waals surface area contributed by atoms with Crippen LogP contribution in [0.3, 0.4) is 0 Å². The number of hydrogen-bond donors (Lipinski definition) is 1. The monoisotopic (exact) mass is 198 g/mol. The van der Waals surface area contributed by atoms with Gasteiger partial charge >= 0.3 is 0 Å². The molecule has 1 rings (SSSR count). The van der Waals surface area contributed by atoms with Crippen LogP contribution in [0.4, 0.5) is 0 Å².